The normalized spacial score (nSPS) is 24.1. The quantitative estimate of drug-likeness (QED) is 0.595. The first-order valence-corrected chi connectivity index (χ1v) is 11.5. The third kappa shape index (κ3) is 5.53. The Morgan fingerprint density at radius 1 is 1.06 bits per heavy atom. The summed E-state index contributed by atoms with van der Waals surface area (Å²) >= 11 is 0. The van der Waals surface area contributed by atoms with Crippen molar-refractivity contribution in [1.82, 2.24) is 4.98 Å². The van der Waals surface area contributed by atoms with Crippen molar-refractivity contribution < 1.29 is 13.2 Å². The molecule has 2 aromatic rings. The van der Waals surface area contributed by atoms with Crippen LogP contribution in [-0.2, 0) is 6.18 Å². The van der Waals surface area contributed by atoms with Crippen LogP contribution in [0.2, 0.25) is 0 Å². The fourth-order valence-electron chi connectivity index (χ4n) is 5.23. The second-order valence-electron chi connectivity index (χ2n) is 9.07. The predicted molar refractivity (Wildman–Crippen MR) is 119 cm³/mol. The Labute approximate surface area is 187 Å². The number of piperidine rings is 1. The van der Waals surface area contributed by atoms with Crippen molar-refractivity contribution in [2.75, 3.05) is 23.3 Å². The Kier molecular flexibility index (Phi) is 6.88. The molecule has 1 N–H and O–H groups in total. The van der Waals surface area contributed by atoms with Crippen LogP contribution < -0.4 is 10.2 Å². The SMILES string of the molecule is N#Cc1ccnc(N[C@@H]2CCCC[C@H]2C[C@H]2CCCN(c3ccc(C(F)(F)F)cc3)C2)c1. The number of hydrogen-bond acceptors (Lipinski definition) is 4. The van der Waals surface area contributed by atoms with Gasteiger partial charge in [-0.25, -0.2) is 4.98 Å². The number of anilines is 2. The van der Waals surface area contributed by atoms with E-state index in [4.69, 9.17) is 5.26 Å². The van der Waals surface area contributed by atoms with E-state index < -0.39 is 11.7 Å². The average Bonchev–Trinajstić information content (AvgIpc) is 2.80. The van der Waals surface area contributed by atoms with Gasteiger partial charge in [0.1, 0.15) is 5.82 Å². The van der Waals surface area contributed by atoms with E-state index in [0.717, 1.165) is 50.3 Å². The molecular weight excluding hydrogens is 413 g/mol. The Morgan fingerprint density at radius 2 is 1.84 bits per heavy atom. The lowest BCUT2D eigenvalue weighted by Gasteiger charge is -2.39. The first-order chi connectivity index (χ1) is 15.4. The Bertz CT molecular complexity index is 935. The second-order valence-corrected chi connectivity index (χ2v) is 9.07. The van der Waals surface area contributed by atoms with Gasteiger partial charge >= 0.3 is 6.18 Å². The molecule has 7 heteroatoms. The van der Waals surface area contributed by atoms with E-state index in [9.17, 15) is 13.2 Å². The van der Waals surface area contributed by atoms with E-state index >= 15 is 0 Å². The summed E-state index contributed by atoms with van der Waals surface area (Å²) in [7, 11) is 0. The summed E-state index contributed by atoms with van der Waals surface area (Å²) in [5.74, 6) is 1.82. The molecule has 1 aliphatic carbocycles. The number of hydrogen-bond donors (Lipinski definition) is 1. The smallest absolute Gasteiger partial charge is 0.371 e. The maximum Gasteiger partial charge on any atom is 0.416 e. The number of nitrogens with zero attached hydrogens (tertiary/aromatic N) is 3. The third-order valence-electron chi connectivity index (χ3n) is 6.85. The van der Waals surface area contributed by atoms with E-state index in [1.165, 1.54) is 31.4 Å². The fourth-order valence-corrected chi connectivity index (χ4v) is 5.23. The van der Waals surface area contributed by atoms with Crippen LogP contribution >= 0.6 is 0 Å². The minimum absolute atomic E-state index is 0.339. The molecule has 2 heterocycles. The van der Waals surface area contributed by atoms with Crippen LogP contribution in [-0.4, -0.2) is 24.1 Å². The highest BCUT2D eigenvalue weighted by atomic mass is 19.4. The molecule has 2 fully saturated rings. The maximum absolute atomic E-state index is 12.9. The van der Waals surface area contributed by atoms with Gasteiger partial charge in [0.25, 0.3) is 0 Å². The summed E-state index contributed by atoms with van der Waals surface area (Å²) < 4.78 is 38.6. The van der Waals surface area contributed by atoms with Gasteiger partial charge < -0.3 is 10.2 Å². The first-order valence-electron chi connectivity index (χ1n) is 11.5. The molecule has 0 bridgehead atoms. The Balaban J connectivity index is 1.39. The van der Waals surface area contributed by atoms with Gasteiger partial charge in [-0.15, -0.1) is 0 Å². The summed E-state index contributed by atoms with van der Waals surface area (Å²) in [6.07, 6.45) is 5.37. The first kappa shape index (κ1) is 22.4. The summed E-state index contributed by atoms with van der Waals surface area (Å²) in [6.45, 7) is 1.77. The standard InChI is InChI=1S/C25H29F3N4/c26-25(27,28)21-7-9-22(10-8-21)32-13-3-4-19(17-32)14-20-5-1-2-6-23(20)31-24-15-18(16-29)11-12-30-24/h7-12,15,19-20,23H,1-6,13-14,17H2,(H,30,31)/t19-,20+,23-/m1/s1. The molecule has 0 unspecified atom stereocenters. The minimum Gasteiger partial charge on any atom is -0.371 e. The average molecular weight is 443 g/mol. The Hall–Kier alpha value is -2.75. The predicted octanol–water partition coefficient (Wildman–Crippen LogP) is 6.25. The molecule has 0 amide bonds. The molecule has 2 aliphatic rings. The molecule has 3 atom stereocenters. The van der Waals surface area contributed by atoms with Crippen LogP contribution in [0.4, 0.5) is 24.7 Å². The van der Waals surface area contributed by atoms with Crippen LogP contribution in [0.3, 0.4) is 0 Å². The number of benzene rings is 1. The number of pyridine rings is 1. The van der Waals surface area contributed by atoms with Crippen LogP contribution in [0, 0.1) is 23.2 Å². The highest BCUT2D eigenvalue weighted by Crippen LogP contribution is 2.36. The minimum atomic E-state index is -4.30. The van der Waals surface area contributed by atoms with Crippen molar-refractivity contribution in [3.63, 3.8) is 0 Å². The molecule has 0 spiro atoms. The van der Waals surface area contributed by atoms with E-state index in [0.29, 0.717) is 23.4 Å². The molecule has 1 aromatic carbocycles. The number of nitriles is 1. The zero-order chi connectivity index (χ0) is 22.6. The van der Waals surface area contributed by atoms with E-state index in [1.807, 2.05) is 0 Å². The van der Waals surface area contributed by atoms with Gasteiger partial charge in [-0.3, -0.25) is 0 Å². The summed E-state index contributed by atoms with van der Waals surface area (Å²) in [6, 6.07) is 11.6. The number of aromatic nitrogens is 1. The van der Waals surface area contributed by atoms with Gasteiger partial charge in [-0.05, 0) is 80.3 Å². The molecule has 4 nitrogen and oxygen atoms in total. The van der Waals surface area contributed by atoms with Gasteiger partial charge in [0.15, 0.2) is 0 Å². The van der Waals surface area contributed by atoms with E-state index in [-0.39, 0.29) is 0 Å². The molecule has 1 aromatic heterocycles. The highest BCUT2D eigenvalue weighted by molar-refractivity contribution is 5.48. The lowest BCUT2D eigenvalue weighted by molar-refractivity contribution is -0.137. The van der Waals surface area contributed by atoms with Gasteiger partial charge in [0.05, 0.1) is 17.2 Å². The number of halogens is 3. The molecule has 1 saturated carbocycles. The highest BCUT2D eigenvalue weighted by Gasteiger charge is 2.32. The van der Waals surface area contributed by atoms with Crippen molar-refractivity contribution in [3.05, 3.63) is 53.7 Å². The van der Waals surface area contributed by atoms with E-state index in [2.05, 4.69) is 21.3 Å². The topological polar surface area (TPSA) is 52.0 Å². The number of nitrogens with one attached hydrogen (secondary N) is 1. The largest absolute Gasteiger partial charge is 0.416 e. The number of rotatable bonds is 5. The van der Waals surface area contributed by atoms with Crippen LogP contribution in [0.15, 0.2) is 42.6 Å². The number of alkyl halides is 3. The van der Waals surface area contributed by atoms with Crippen LogP contribution in [0.1, 0.15) is 56.1 Å². The lowest BCUT2D eigenvalue weighted by Crippen LogP contribution is -2.39. The van der Waals surface area contributed by atoms with Gasteiger partial charge in [-0.1, -0.05) is 12.8 Å². The van der Waals surface area contributed by atoms with Crippen LogP contribution in [0.5, 0.6) is 0 Å². The van der Waals surface area contributed by atoms with Crippen molar-refractivity contribution in [3.8, 4) is 6.07 Å². The van der Waals surface area contributed by atoms with Gasteiger partial charge in [0, 0.05) is 31.0 Å². The van der Waals surface area contributed by atoms with Gasteiger partial charge in [0.2, 0.25) is 0 Å². The fraction of sp³-hybridized carbons (Fsp3) is 0.520. The monoisotopic (exact) mass is 442 g/mol. The van der Waals surface area contributed by atoms with Crippen LogP contribution in [0.25, 0.3) is 0 Å². The molecule has 1 saturated heterocycles. The molecular formula is C25H29F3N4. The maximum atomic E-state index is 12.9. The third-order valence-corrected chi connectivity index (χ3v) is 6.85. The molecule has 170 valence electrons. The zero-order valence-corrected chi connectivity index (χ0v) is 18.1. The molecule has 1 aliphatic heterocycles. The summed E-state index contributed by atoms with van der Waals surface area (Å²) in [5, 5.41) is 12.7. The second kappa shape index (κ2) is 9.81. The zero-order valence-electron chi connectivity index (χ0n) is 18.1. The lowest BCUT2D eigenvalue weighted by atomic mass is 9.77. The van der Waals surface area contributed by atoms with Gasteiger partial charge in [-0.2, -0.15) is 18.4 Å². The summed E-state index contributed by atoms with van der Waals surface area (Å²) in [4.78, 5) is 6.62. The molecule has 32 heavy (non-hydrogen) atoms. The molecule has 0 radical (unpaired) electrons. The Morgan fingerprint density at radius 3 is 2.59 bits per heavy atom. The summed E-state index contributed by atoms with van der Waals surface area (Å²) in [5.41, 5.74) is 0.882. The van der Waals surface area contributed by atoms with Crippen molar-refractivity contribution in [2.24, 2.45) is 11.8 Å². The van der Waals surface area contributed by atoms with Crippen molar-refractivity contribution in [2.45, 2.75) is 57.2 Å². The van der Waals surface area contributed by atoms with Crippen molar-refractivity contribution in [1.29, 1.82) is 5.26 Å². The van der Waals surface area contributed by atoms with E-state index in [1.54, 1.807) is 30.5 Å². The molecule has 4 rings (SSSR count). The van der Waals surface area contributed by atoms with Crippen molar-refractivity contribution >= 4 is 11.5 Å².